The molecule has 6 nitrogen and oxygen atoms in total. The quantitative estimate of drug-likeness (QED) is 0.509. The first kappa shape index (κ1) is 21.9. The van der Waals surface area contributed by atoms with Gasteiger partial charge >= 0.3 is 18.1 Å². The van der Waals surface area contributed by atoms with Crippen LogP contribution in [0.4, 0.5) is 13.2 Å². The average molecular weight is 454 g/mol. The number of carbonyl (C=O) groups excluding carboxylic acids is 2. The van der Waals surface area contributed by atoms with Gasteiger partial charge < -0.3 is 14.4 Å². The van der Waals surface area contributed by atoms with Crippen molar-refractivity contribution in [3.8, 4) is 0 Å². The van der Waals surface area contributed by atoms with Crippen LogP contribution in [0.1, 0.15) is 29.7 Å². The molecule has 1 saturated heterocycles. The molecule has 3 heterocycles. The number of nitrogens with zero attached hydrogens (tertiary/aromatic N) is 2. The number of ether oxygens (including phenoxy) is 2. The summed E-state index contributed by atoms with van der Waals surface area (Å²) in [5.41, 5.74) is 4.16. The van der Waals surface area contributed by atoms with Crippen LogP contribution in [0.5, 0.6) is 0 Å². The number of halogens is 3. The number of fused-ring (bicyclic) bond motifs is 2. The summed E-state index contributed by atoms with van der Waals surface area (Å²) in [6.45, 7) is 1.97. The fourth-order valence-corrected chi connectivity index (χ4v) is 4.82. The predicted molar refractivity (Wildman–Crippen MR) is 105 cm³/mol. The van der Waals surface area contributed by atoms with Crippen molar-refractivity contribution in [3.05, 3.63) is 52.0 Å². The highest BCUT2D eigenvalue weighted by atomic mass is 32.1. The maximum Gasteiger partial charge on any atom is 0.491 e. The molecule has 0 bridgehead atoms. The largest absolute Gasteiger partial charge is 0.491 e. The molecule has 1 unspecified atom stereocenters. The van der Waals surface area contributed by atoms with Crippen LogP contribution in [0.25, 0.3) is 0 Å². The Bertz CT molecular complexity index is 940. The summed E-state index contributed by atoms with van der Waals surface area (Å²) in [6, 6.07) is 8.09. The molecule has 4 rings (SSSR count). The van der Waals surface area contributed by atoms with Crippen molar-refractivity contribution in [1.82, 2.24) is 9.88 Å². The molecule has 0 aliphatic carbocycles. The first-order valence-corrected chi connectivity index (χ1v) is 10.9. The molecule has 1 aromatic heterocycles. The summed E-state index contributed by atoms with van der Waals surface area (Å²) >= 11 is 1.32. The molecular weight excluding hydrogens is 433 g/mol. The molecule has 1 fully saturated rings. The number of rotatable bonds is 5. The van der Waals surface area contributed by atoms with Gasteiger partial charge in [0.2, 0.25) is 0 Å². The SMILES string of the molecule is O=C(OC(=O)C(F)(F)F)C(Cc1cscn1)CN1CCC2(CC1)OCc1ccccc12. The summed E-state index contributed by atoms with van der Waals surface area (Å²) < 4.78 is 47.9. The maximum atomic E-state index is 12.5. The molecule has 31 heavy (non-hydrogen) atoms. The molecule has 10 heteroatoms. The zero-order chi connectivity index (χ0) is 22.1. The fraction of sp³-hybridized carbons (Fsp3) is 0.476. The molecule has 1 spiro atoms. The Kier molecular flexibility index (Phi) is 6.14. The van der Waals surface area contributed by atoms with E-state index in [0.29, 0.717) is 38.2 Å². The Balaban J connectivity index is 1.42. The third-order valence-corrected chi connectivity index (χ3v) is 6.49. The molecule has 1 aromatic carbocycles. The summed E-state index contributed by atoms with van der Waals surface area (Å²) in [5.74, 6) is -4.60. The summed E-state index contributed by atoms with van der Waals surface area (Å²) in [4.78, 5) is 29.7. The minimum absolute atomic E-state index is 0.106. The molecule has 2 aliphatic rings. The highest BCUT2D eigenvalue weighted by molar-refractivity contribution is 7.07. The highest BCUT2D eigenvalue weighted by Gasteiger charge is 2.45. The summed E-state index contributed by atoms with van der Waals surface area (Å²) in [6.07, 6.45) is -3.69. The minimum Gasteiger partial charge on any atom is -0.386 e. The first-order chi connectivity index (χ1) is 14.8. The highest BCUT2D eigenvalue weighted by Crippen LogP contribution is 2.44. The Hall–Kier alpha value is -2.30. The van der Waals surface area contributed by atoms with E-state index in [4.69, 9.17) is 4.74 Å². The van der Waals surface area contributed by atoms with E-state index in [9.17, 15) is 22.8 Å². The minimum atomic E-state index is -5.22. The molecule has 0 radical (unpaired) electrons. The van der Waals surface area contributed by atoms with Crippen LogP contribution >= 0.6 is 11.3 Å². The van der Waals surface area contributed by atoms with Gasteiger partial charge in [0, 0.05) is 31.4 Å². The smallest absolute Gasteiger partial charge is 0.386 e. The van der Waals surface area contributed by atoms with Crippen molar-refractivity contribution in [2.24, 2.45) is 5.92 Å². The third kappa shape index (κ3) is 4.81. The van der Waals surface area contributed by atoms with Gasteiger partial charge in [-0.1, -0.05) is 24.3 Å². The zero-order valence-electron chi connectivity index (χ0n) is 16.6. The van der Waals surface area contributed by atoms with E-state index in [1.165, 1.54) is 22.5 Å². The monoisotopic (exact) mass is 454 g/mol. The van der Waals surface area contributed by atoms with Crippen molar-refractivity contribution < 1.29 is 32.2 Å². The van der Waals surface area contributed by atoms with Crippen LogP contribution in [-0.2, 0) is 37.7 Å². The van der Waals surface area contributed by atoms with Gasteiger partial charge in [0.25, 0.3) is 0 Å². The van der Waals surface area contributed by atoms with Gasteiger partial charge in [-0.15, -0.1) is 11.3 Å². The second-order valence-corrected chi connectivity index (χ2v) is 8.55. The van der Waals surface area contributed by atoms with Gasteiger partial charge in [0.05, 0.1) is 29.3 Å². The fourth-order valence-electron chi connectivity index (χ4n) is 4.25. The Morgan fingerprint density at radius 1 is 1.26 bits per heavy atom. The van der Waals surface area contributed by atoms with E-state index in [1.54, 1.807) is 10.9 Å². The third-order valence-electron chi connectivity index (χ3n) is 5.85. The van der Waals surface area contributed by atoms with Crippen LogP contribution in [0, 0.1) is 5.92 Å². The lowest BCUT2D eigenvalue weighted by Gasteiger charge is -2.40. The van der Waals surface area contributed by atoms with Crippen LogP contribution in [-0.4, -0.2) is 47.6 Å². The number of benzene rings is 1. The van der Waals surface area contributed by atoms with Gasteiger partial charge in [0.15, 0.2) is 0 Å². The molecular formula is C21H21F3N2O4S. The Morgan fingerprint density at radius 2 is 2.00 bits per heavy atom. The first-order valence-electron chi connectivity index (χ1n) is 9.91. The topological polar surface area (TPSA) is 68.7 Å². The molecule has 0 N–H and O–H groups in total. The number of piperidine rings is 1. The molecule has 2 aromatic rings. The van der Waals surface area contributed by atoms with E-state index in [1.807, 2.05) is 23.1 Å². The standard InChI is InChI=1S/C21H21F3N2O4S/c22-21(23,24)19(28)30-18(27)15(9-16-12-31-13-25-16)10-26-7-5-20(6-8-26)17-4-2-1-3-14(17)11-29-20/h1-4,12-13,15H,5-11H2. The maximum absolute atomic E-state index is 12.5. The molecule has 2 aliphatic heterocycles. The second-order valence-electron chi connectivity index (χ2n) is 7.83. The van der Waals surface area contributed by atoms with Crippen molar-refractivity contribution >= 4 is 23.3 Å². The van der Waals surface area contributed by atoms with Crippen molar-refractivity contribution in [3.63, 3.8) is 0 Å². The van der Waals surface area contributed by atoms with Crippen molar-refractivity contribution in [2.45, 2.75) is 37.6 Å². The second kappa shape index (κ2) is 8.68. The molecule has 166 valence electrons. The van der Waals surface area contributed by atoms with E-state index in [0.717, 1.165) is 0 Å². The number of thiazole rings is 1. The average Bonchev–Trinajstić information content (AvgIpc) is 3.37. The van der Waals surface area contributed by atoms with E-state index in [-0.39, 0.29) is 18.6 Å². The zero-order valence-corrected chi connectivity index (χ0v) is 17.4. The Morgan fingerprint density at radius 3 is 2.68 bits per heavy atom. The van der Waals surface area contributed by atoms with E-state index < -0.39 is 24.0 Å². The predicted octanol–water partition coefficient (Wildman–Crippen LogP) is 3.46. The molecule has 0 saturated carbocycles. The number of hydrogen-bond donors (Lipinski definition) is 0. The van der Waals surface area contributed by atoms with Crippen LogP contribution in [0.3, 0.4) is 0 Å². The van der Waals surface area contributed by atoms with Gasteiger partial charge in [-0.2, -0.15) is 13.2 Å². The van der Waals surface area contributed by atoms with Gasteiger partial charge in [-0.25, -0.2) is 9.78 Å². The number of aromatic nitrogens is 1. The number of hydrogen-bond acceptors (Lipinski definition) is 7. The lowest BCUT2D eigenvalue weighted by Crippen LogP contribution is -2.46. The van der Waals surface area contributed by atoms with Gasteiger partial charge in [-0.05, 0) is 24.0 Å². The van der Waals surface area contributed by atoms with Crippen LogP contribution < -0.4 is 0 Å². The lowest BCUT2D eigenvalue weighted by molar-refractivity contribution is -0.203. The number of alkyl halides is 3. The van der Waals surface area contributed by atoms with Crippen LogP contribution in [0.2, 0.25) is 0 Å². The summed E-state index contributed by atoms with van der Waals surface area (Å²) in [5, 5.41) is 1.72. The van der Waals surface area contributed by atoms with Gasteiger partial charge in [0.1, 0.15) is 0 Å². The normalized spacial score (nSPS) is 19.2. The van der Waals surface area contributed by atoms with Crippen LogP contribution in [0.15, 0.2) is 35.2 Å². The number of esters is 2. The van der Waals surface area contributed by atoms with E-state index in [2.05, 4.69) is 15.8 Å². The number of likely N-dealkylation sites (tertiary alicyclic amines) is 1. The van der Waals surface area contributed by atoms with Crippen molar-refractivity contribution in [2.75, 3.05) is 19.6 Å². The van der Waals surface area contributed by atoms with E-state index >= 15 is 0 Å². The van der Waals surface area contributed by atoms with Crippen molar-refractivity contribution in [1.29, 1.82) is 0 Å². The summed E-state index contributed by atoms with van der Waals surface area (Å²) in [7, 11) is 0. The Labute approximate surface area is 181 Å². The number of carbonyl (C=O) groups is 2. The molecule has 0 amide bonds. The lowest BCUT2D eigenvalue weighted by atomic mass is 9.83. The van der Waals surface area contributed by atoms with Gasteiger partial charge in [-0.3, -0.25) is 4.79 Å². The molecule has 1 atom stereocenters.